The minimum absolute atomic E-state index is 0.257. The zero-order chi connectivity index (χ0) is 19.3. The van der Waals surface area contributed by atoms with Gasteiger partial charge in [-0.2, -0.15) is 4.98 Å². The molecule has 28 heavy (non-hydrogen) atoms. The molecule has 2 fully saturated rings. The van der Waals surface area contributed by atoms with E-state index in [2.05, 4.69) is 37.5 Å². The Labute approximate surface area is 168 Å². The molecule has 5 rings (SSSR count). The van der Waals surface area contributed by atoms with Crippen molar-refractivity contribution in [2.45, 2.75) is 44.7 Å². The predicted molar refractivity (Wildman–Crippen MR) is 105 cm³/mol. The highest BCUT2D eigenvalue weighted by Crippen LogP contribution is 2.55. The van der Waals surface area contributed by atoms with Crippen LogP contribution >= 0.6 is 11.6 Å². The van der Waals surface area contributed by atoms with Crippen LogP contribution in [0, 0.1) is 12.8 Å². The summed E-state index contributed by atoms with van der Waals surface area (Å²) in [5, 5.41) is 6.92. The van der Waals surface area contributed by atoms with Crippen molar-refractivity contribution < 1.29 is 4.52 Å². The first kappa shape index (κ1) is 17.6. The molecule has 1 saturated carbocycles. The first-order valence-corrected chi connectivity index (χ1v) is 9.87. The fraction of sp³-hybridized carbons (Fsp3) is 0.400. The van der Waals surface area contributed by atoms with Crippen molar-refractivity contribution in [1.29, 1.82) is 0 Å². The molecular formula is C20H21ClN6O. The molecule has 1 N–H and O–H groups in total. The third-order valence-corrected chi connectivity index (χ3v) is 6.04. The molecule has 7 nitrogen and oxygen atoms in total. The van der Waals surface area contributed by atoms with Crippen LogP contribution in [0.25, 0.3) is 11.4 Å². The average molecular weight is 397 g/mol. The normalized spacial score (nSPS) is 26.7. The molecule has 0 unspecified atom stereocenters. The SMILES string of the molecule is Cc1noc([C@]23C[C@H](C)C[C@H](C2)N3Nc2ccc(Cl)c(-c3ncccn3)c2)n1. The lowest BCUT2D eigenvalue weighted by Crippen LogP contribution is -2.69. The quantitative estimate of drug-likeness (QED) is 0.707. The van der Waals surface area contributed by atoms with Crippen molar-refractivity contribution in [3.63, 3.8) is 0 Å². The Balaban J connectivity index is 1.47. The van der Waals surface area contributed by atoms with Gasteiger partial charge in [0.1, 0.15) is 5.54 Å². The molecule has 2 aromatic heterocycles. The van der Waals surface area contributed by atoms with E-state index < -0.39 is 0 Å². The van der Waals surface area contributed by atoms with E-state index in [9.17, 15) is 0 Å². The molecule has 0 radical (unpaired) electrons. The Morgan fingerprint density at radius 1 is 1.25 bits per heavy atom. The summed E-state index contributed by atoms with van der Waals surface area (Å²) in [6, 6.07) is 8.05. The molecule has 1 aliphatic heterocycles. The number of halogens is 1. The predicted octanol–water partition coefficient (Wildman–Crippen LogP) is 4.22. The molecule has 2 bridgehead atoms. The van der Waals surface area contributed by atoms with Crippen LogP contribution in [-0.2, 0) is 5.54 Å². The fourth-order valence-electron chi connectivity index (χ4n) is 4.62. The lowest BCUT2D eigenvalue weighted by atomic mass is 9.65. The number of aromatic nitrogens is 4. The van der Waals surface area contributed by atoms with Crippen molar-refractivity contribution in [2.24, 2.45) is 5.92 Å². The van der Waals surface area contributed by atoms with E-state index in [0.717, 1.165) is 30.5 Å². The molecular weight excluding hydrogens is 376 g/mol. The maximum absolute atomic E-state index is 6.40. The Morgan fingerprint density at radius 2 is 2.07 bits per heavy atom. The zero-order valence-electron chi connectivity index (χ0n) is 15.8. The van der Waals surface area contributed by atoms with Gasteiger partial charge in [-0.05, 0) is 56.4 Å². The number of anilines is 1. The molecule has 1 saturated heterocycles. The minimum atomic E-state index is -0.257. The number of hydrogen-bond donors (Lipinski definition) is 1. The van der Waals surface area contributed by atoms with Gasteiger partial charge in [-0.15, -0.1) is 0 Å². The van der Waals surface area contributed by atoms with Crippen molar-refractivity contribution >= 4 is 17.3 Å². The molecule has 1 aromatic carbocycles. The first-order valence-electron chi connectivity index (χ1n) is 9.49. The maximum Gasteiger partial charge on any atom is 0.249 e. The smallest absolute Gasteiger partial charge is 0.249 e. The number of nitrogens with one attached hydrogen (secondary N) is 1. The molecule has 1 aliphatic carbocycles. The second-order valence-corrected chi connectivity index (χ2v) is 8.24. The van der Waals surface area contributed by atoms with Crippen LogP contribution in [0.15, 0.2) is 41.2 Å². The number of aryl methyl sites for hydroxylation is 1. The van der Waals surface area contributed by atoms with Gasteiger partial charge in [0.05, 0.1) is 5.02 Å². The number of hydrazine groups is 1. The highest BCUT2D eigenvalue weighted by molar-refractivity contribution is 6.33. The van der Waals surface area contributed by atoms with E-state index in [-0.39, 0.29) is 5.54 Å². The summed E-state index contributed by atoms with van der Waals surface area (Å²) >= 11 is 6.40. The largest absolute Gasteiger partial charge is 0.337 e. The molecule has 0 spiro atoms. The third kappa shape index (κ3) is 2.77. The second kappa shape index (κ2) is 6.53. The zero-order valence-corrected chi connectivity index (χ0v) is 16.5. The van der Waals surface area contributed by atoms with Crippen LogP contribution < -0.4 is 5.43 Å². The molecule has 8 heteroatoms. The summed E-state index contributed by atoms with van der Waals surface area (Å²) < 4.78 is 5.59. The van der Waals surface area contributed by atoms with Crippen molar-refractivity contribution in [3.05, 3.63) is 53.4 Å². The standard InChI is InChI=1S/C20H21ClN6O/c1-12-8-15-11-20(10-12,19-24-13(2)26-28-19)27(15)25-14-4-5-17(21)16(9-14)18-22-6-3-7-23-18/h3-7,9,12,15,25H,8,10-11H2,1-2H3/t12-,15-,20+/m1/s1. The average Bonchev–Trinajstić information content (AvgIpc) is 3.14. The Bertz CT molecular complexity index is 1010. The molecule has 3 atom stereocenters. The van der Waals surface area contributed by atoms with Crippen LogP contribution in [0.5, 0.6) is 0 Å². The van der Waals surface area contributed by atoms with E-state index >= 15 is 0 Å². The summed E-state index contributed by atoms with van der Waals surface area (Å²) in [6.07, 6.45) is 6.58. The van der Waals surface area contributed by atoms with Crippen LogP contribution in [0.4, 0.5) is 5.69 Å². The fourth-order valence-corrected chi connectivity index (χ4v) is 4.82. The Morgan fingerprint density at radius 3 is 2.82 bits per heavy atom. The number of hydrogen-bond acceptors (Lipinski definition) is 7. The molecule has 144 valence electrons. The molecule has 0 amide bonds. The van der Waals surface area contributed by atoms with Gasteiger partial charge in [0, 0.05) is 29.7 Å². The lowest BCUT2D eigenvalue weighted by Gasteiger charge is -2.61. The van der Waals surface area contributed by atoms with Crippen LogP contribution in [0.2, 0.25) is 5.02 Å². The van der Waals surface area contributed by atoms with Crippen LogP contribution in [0.1, 0.15) is 37.9 Å². The summed E-state index contributed by atoms with van der Waals surface area (Å²) in [7, 11) is 0. The lowest BCUT2D eigenvalue weighted by molar-refractivity contribution is -0.134. The minimum Gasteiger partial charge on any atom is -0.337 e. The monoisotopic (exact) mass is 396 g/mol. The Kier molecular flexibility index (Phi) is 4.10. The Hall–Kier alpha value is -2.51. The number of rotatable bonds is 4. The highest BCUT2D eigenvalue weighted by Gasteiger charge is 2.60. The van der Waals surface area contributed by atoms with Crippen molar-refractivity contribution in [2.75, 3.05) is 5.43 Å². The van der Waals surface area contributed by atoms with Gasteiger partial charge in [0.15, 0.2) is 11.6 Å². The highest BCUT2D eigenvalue weighted by atomic mass is 35.5. The van der Waals surface area contributed by atoms with Crippen LogP contribution in [0.3, 0.4) is 0 Å². The van der Waals surface area contributed by atoms with E-state index in [0.29, 0.717) is 34.5 Å². The summed E-state index contributed by atoms with van der Waals surface area (Å²) in [5.41, 5.74) is 5.06. The second-order valence-electron chi connectivity index (χ2n) is 7.83. The van der Waals surface area contributed by atoms with Gasteiger partial charge >= 0.3 is 0 Å². The summed E-state index contributed by atoms with van der Waals surface area (Å²) in [6.45, 7) is 4.14. The number of benzene rings is 1. The van der Waals surface area contributed by atoms with Gasteiger partial charge < -0.3 is 9.95 Å². The van der Waals surface area contributed by atoms with Gasteiger partial charge in [0.25, 0.3) is 0 Å². The summed E-state index contributed by atoms with van der Waals surface area (Å²) in [4.78, 5) is 13.2. The number of fused-ring (bicyclic) bond motifs is 2. The van der Waals surface area contributed by atoms with E-state index in [1.54, 1.807) is 18.5 Å². The maximum atomic E-state index is 6.40. The molecule has 3 heterocycles. The van der Waals surface area contributed by atoms with E-state index in [1.165, 1.54) is 0 Å². The van der Waals surface area contributed by atoms with Crippen LogP contribution in [-0.4, -0.2) is 31.2 Å². The third-order valence-electron chi connectivity index (χ3n) is 5.71. The number of piperidine rings is 1. The van der Waals surface area contributed by atoms with Gasteiger partial charge in [-0.25, -0.2) is 15.0 Å². The number of nitrogens with zero attached hydrogens (tertiary/aromatic N) is 5. The molecule has 2 aliphatic rings. The van der Waals surface area contributed by atoms with Crippen molar-refractivity contribution in [3.8, 4) is 11.4 Å². The van der Waals surface area contributed by atoms with Gasteiger partial charge in [-0.3, -0.25) is 0 Å². The van der Waals surface area contributed by atoms with Crippen molar-refractivity contribution in [1.82, 2.24) is 25.1 Å². The molecule has 3 aromatic rings. The summed E-state index contributed by atoms with van der Waals surface area (Å²) in [5.74, 6) is 2.58. The first-order chi connectivity index (χ1) is 13.5. The van der Waals surface area contributed by atoms with Gasteiger partial charge in [-0.1, -0.05) is 23.7 Å². The van der Waals surface area contributed by atoms with E-state index in [1.807, 2.05) is 25.1 Å². The topological polar surface area (TPSA) is 80.0 Å². The van der Waals surface area contributed by atoms with E-state index in [4.69, 9.17) is 16.1 Å². The van der Waals surface area contributed by atoms with Gasteiger partial charge in [0.2, 0.25) is 5.89 Å².